The number of ketones is 1. The van der Waals surface area contributed by atoms with Crippen molar-refractivity contribution in [3.63, 3.8) is 0 Å². The van der Waals surface area contributed by atoms with Gasteiger partial charge in [-0.2, -0.15) is 0 Å². The summed E-state index contributed by atoms with van der Waals surface area (Å²) in [5.74, 6) is 0.104. The molecule has 2 aromatic heterocycles. The Hall–Kier alpha value is -1.55. The molecule has 0 saturated heterocycles. The van der Waals surface area contributed by atoms with E-state index < -0.39 is 0 Å². The highest BCUT2D eigenvalue weighted by Gasteiger charge is 2.17. The van der Waals surface area contributed by atoms with Crippen LogP contribution in [0, 0.1) is 0 Å². The van der Waals surface area contributed by atoms with Gasteiger partial charge in [-0.25, -0.2) is 0 Å². The number of furan rings is 2. The number of carbonyl (C=O) groups is 1. The third-order valence-corrected chi connectivity index (χ3v) is 3.58. The molecule has 2 heterocycles. The first-order valence-corrected chi connectivity index (χ1v) is 6.02. The third kappa shape index (κ3) is 1.52. The van der Waals surface area contributed by atoms with Crippen LogP contribution in [0.25, 0.3) is 21.9 Å². The first-order valence-electron chi connectivity index (χ1n) is 5.22. The summed E-state index contributed by atoms with van der Waals surface area (Å²) >= 11 is 3.50. The van der Waals surface area contributed by atoms with Crippen molar-refractivity contribution in [2.45, 2.75) is 13.3 Å². The minimum absolute atomic E-state index is 0.104. The molecule has 0 spiro atoms. The Morgan fingerprint density at radius 2 is 1.82 bits per heavy atom. The smallest absolute Gasteiger partial charge is 0.149 e. The van der Waals surface area contributed by atoms with Crippen molar-refractivity contribution < 1.29 is 13.6 Å². The largest absolute Gasteiger partial charge is 0.464 e. The molecule has 0 amide bonds. The van der Waals surface area contributed by atoms with Gasteiger partial charge in [0.2, 0.25) is 0 Å². The van der Waals surface area contributed by atoms with Crippen LogP contribution in [0.5, 0.6) is 0 Å². The highest BCUT2D eigenvalue weighted by atomic mass is 79.9. The van der Waals surface area contributed by atoms with Crippen LogP contribution in [0.15, 0.2) is 38.0 Å². The highest BCUT2D eigenvalue weighted by Crippen LogP contribution is 2.37. The zero-order valence-corrected chi connectivity index (χ0v) is 10.7. The van der Waals surface area contributed by atoms with Gasteiger partial charge in [-0.1, -0.05) is 0 Å². The molecule has 0 fully saturated rings. The summed E-state index contributed by atoms with van der Waals surface area (Å²) in [6.07, 6.45) is 3.60. The first-order chi connectivity index (χ1) is 8.18. The fraction of sp³-hybridized carbons (Fsp3) is 0.154. The summed E-state index contributed by atoms with van der Waals surface area (Å²) in [5, 5.41) is 1.86. The van der Waals surface area contributed by atoms with Gasteiger partial charge < -0.3 is 8.83 Å². The van der Waals surface area contributed by atoms with E-state index in [1.165, 1.54) is 0 Å². The topological polar surface area (TPSA) is 43.4 Å². The van der Waals surface area contributed by atoms with Gasteiger partial charge in [-0.3, -0.25) is 4.79 Å². The lowest BCUT2D eigenvalue weighted by molar-refractivity contribution is -0.116. The molecule has 0 atom stereocenters. The van der Waals surface area contributed by atoms with E-state index in [0.29, 0.717) is 6.42 Å². The molecule has 4 heteroatoms. The van der Waals surface area contributed by atoms with Gasteiger partial charge in [0.1, 0.15) is 16.9 Å². The zero-order chi connectivity index (χ0) is 12.0. The number of carbonyl (C=O) groups excluding carboxylic acids is 1. The van der Waals surface area contributed by atoms with Crippen LogP contribution in [-0.4, -0.2) is 5.78 Å². The summed E-state index contributed by atoms with van der Waals surface area (Å²) in [5.41, 5.74) is 2.40. The fourth-order valence-corrected chi connectivity index (χ4v) is 2.72. The van der Waals surface area contributed by atoms with Crippen LogP contribution in [0.4, 0.5) is 0 Å². The van der Waals surface area contributed by atoms with Gasteiger partial charge in [0.25, 0.3) is 0 Å². The maximum Gasteiger partial charge on any atom is 0.149 e. The minimum Gasteiger partial charge on any atom is -0.464 e. The van der Waals surface area contributed by atoms with E-state index in [0.717, 1.165) is 32.0 Å². The van der Waals surface area contributed by atoms with Crippen molar-refractivity contribution in [3.05, 3.63) is 34.7 Å². The molecule has 0 N–H and O–H groups in total. The standard InChI is InChI=1S/C13H9BrO3/c1-7(15)6-10-8-2-4-17-13(8)11(14)9-3-5-16-12(9)10/h2-5H,6H2,1H3. The molecule has 0 aliphatic heterocycles. The molecule has 0 saturated carbocycles. The Morgan fingerprint density at radius 1 is 1.18 bits per heavy atom. The van der Waals surface area contributed by atoms with Crippen molar-refractivity contribution in [2.75, 3.05) is 0 Å². The first kappa shape index (κ1) is 10.6. The normalized spacial score (nSPS) is 11.4. The number of halogens is 1. The van der Waals surface area contributed by atoms with Crippen LogP contribution in [0.1, 0.15) is 12.5 Å². The van der Waals surface area contributed by atoms with Gasteiger partial charge in [-0.15, -0.1) is 0 Å². The monoisotopic (exact) mass is 292 g/mol. The van der Waals surface area contributed by atoms with Crippen molar-refractivity contribution in [2.24, 2.45) is 0 Å². The SMILES string of the molecule is CC(=O)Cc1c2ccoc2c(Br)c2ccoc12. The quantitative estimate of drug-likeness (QED) is 0.715. The molecule has 0 unspecified atom stereocenters. The average Bonchev–Trinajstić information content (AvgIpc) is 2.92. The third-order valence-electron chi connectivity index (χ3n) is 2.79. The van der Waals surface area contributed by atoms with Crippen molar-refractivity contribution in [1.29, 1.82) is 0 Å². The Kier molecular flexibility index (Phi) is 2.33. The van der Waals surface area contributed by atoms with Gasteiger partial charge in [0.15, 0.2) is 0 Å². The zero-order valence-electron chi connectivity index (χ0n) is 9.12. The molecule has 0 aliphatic carbocycles. The number of hydrogen-bond acceptors (Lipinski definition) is 3. The van der Waals surface area contributed by atoms with Gasteiger partial charge >= 0.3 is 0 Å². The Labute approximate surface area is 106 Å². The number of Topliss-reactive ketones (excluding diaryl/α,β-unsaturated/α-hetero) is 1. The number of rotatable bonds is 2. The van der Waals surface area contributed by atoms with Gasteiger partial charge in [-0.05, 0) is 35.0 Å². The van der Waals surface area contributed by atoms with E-state index in [1.807, 2.05) is 12.1 Å². The molecule has 3 nitrogen and oxygen atoms in total. The lowest BCUT2D eigenvalue weighted by Crippen LogP contribution is -1.97. The maximum atomic E-state index is 11.3. The Bertz CT molecular complexity index is 669. The summed E-state index contributed by atoms with van der Waals surface area (Å²) in [4.78, 5) is 11.3. The average molecular weight is 293 g/mol. The van der Waals surface area contributed by atoms with Crippen molar-refractivity contribution in [1.82, 2.24) is 0 Å². The second kappa shape index (κ2) is 3.74. The molecular formula is C13H9BrO3. The fourth-order valence-electron chi connectivity index (χ4n) is 2.10. The number of fused-ring (bicyclic) bond motifs is 2. The lowest BCUT2D eigenvalue weighted by Gasteiger charge is -2.04. The molecule has 0 bridgehead atoms. The van der Waals surface area contributed by atoms with E-state index in [4.69, 9.17) is 8.83 Å². The predicted molar refractivity (Wildman–Crippen MR) is 68.1 cm³/mol. The minimum atomic E-state index is 0.104. The molecule has 17 heavy (non-hydrogen) atoms. The van der Waals surface area contributed by atoms with Crippen LogP contribution in [0.3, 0.4) is 0 Å². The second-order valence-corrected chi connectivity index (χ2v) is 4.79. The van der Waals surface area contributed by atoms with E-state index in [9.17, 15) is 4.79 Å². The van der Waals surface area contributed by atoms with Gasteiger partial charge in [0.05, 0.1) is 17.0 Å². The molecule has 3 rings (SSSR count). The highest BCUT2D eigenvalue weighted by molar-refractivity contribution is 9.10. The van der Waals surface area contributed by atoms with Crippen LogP contribution in [0.2, 0.25) is 0 Å². The molecule has 0 radical (unpaired) electrons. The lowest BCUT2D eigenvalue weighted by atomic mass is 10.0. The Morgan fingerprint density at radius 3 is 2.53 bits per heavy atom. The van der Waals surface area contributed by atoms with E-state index in [-0.39, 0.29) is 5.78 Å². The summed E-state index contributed by atoms with van der Waals surface area (Å²) < 4.78 is 11.8. The van der Waals surface area contributed by atoms with Crippen LogP contribution in [-0.2, 0) is 11.2 Å². The van der Waals surface area contributed by atoms with Crippen molar-refractivity contribution >= 4 is 43.7 Å². The number of hydrogen-bond donors (Lipinski definition) is 0. The summed E-state index contributed by atoms with van der Waals surface area (Å²) in [6.45, 7) is 1.57. The van der Waals surface area contributed by atoms with Gasteiger partial charge in [0, 0.05) is 22.8 Å². The molecule has 3 aromatic rings. The predicted octanol–water partition coefficient (Wildman–Crippen LogP) is 4.07. The molecular weight excluding hydrogens is 284 g/mol. The second-order valence-electron chi connectivity index (χ2n) is 4.00. The summed E-state index contributed by atoms with van der Waals surface area (Å²) in [7, 11) is 0. The van der Waals surface area contributed by atoms with Crippen molar-refractivity contribution in [3.8, 4) is 0 Å². The molecule has 1 aromatic carbocycles. The van der Waals surface area contributed by atoms with E-state index in [1.54, 1.807) is 19.5 Å². The Balaban J connectivity index is 2.47. The van der Waals surface area contributed by atoms with Crippen LogP contribution < -0.4 is 0 Å². The van der Waals surface area contributed by atoms with E-state index >= 15 is 0 Å². The number of benzene rings is 1. The maximum absolute atomic E-state index is 11.3. The van der Waals surface area contributed by atoms with E-state index in [2.05, 4.69) is 15.9 Å². The van der Waals surface area contributed by atoms with Crippen LogP contribution >= 0.6 is 15.9 Å². The molecule has 0 aliphatic rings. The molecule has 86 valence electrons. The summed E-state index contributed by atoms with van der Waals surface area (Å²) in [6, 6.07) is 3.73.